The van der Waals surface area contributed by atoms with E-state index in [9.17, 15) is 14.4 Å². The van der Waals surface area contributed by atoms with Gasteiger partial charge < -0.3 is 20.5 Å². The maximum Gasteiger partial charge on any atom is 0.337 e. The quantitative estimate of drug-likeness (QED) is 0.526. The van der Waals surface area contributed by atoms with Gasteiger partial charge in [-0.15, -0.1) is 0 Å². The highest BCUT2D eigenvalue weighted by atomic mass is 16.5. The third-order valence-corrected chi connectivity index (χ3v) is 2.64. The Balaban J connectivity index is 2.37. The number of hydrogen-bond donors (Lipinski definition) is 3. The molecule has 3 N–H and O–H groups in total. The number of rotatable bonds is 7. The minimum Gasteiger partial charge on any atom is -0.481 e. The van der Waals surface area contributed by atoms with Crippen LogP contribution in [0.15, 0.2) is 24.3 Å². The molecule has 0 unspecified atom stereocenters. The van der Waals surface area contributed by atoms with Crippen molar-refractivity contribution < 1.29 is 24.2 Å². The van der Waals surface area contributed by atoms with Gasteiger partial charge in [-0.05, 0) is 31.0 Å². The summed E-state index contributed by atoms with van der Waals surface area (Å²) in [6.07, 6.45) is 1.18. The van der Waals surface area contributed by atoms with E-state index in [0.717, 1.165) is 0 Å². The average Bonchev–Trinajstić information content (AvgIpc) is 2.46. The fourth-order valence-electron chi connectivity index (χ4n) is 1.62. The molecular formula is C14H18N2O5. The van der Waals surface area contributed by atoms with Crippen LogP contribution in [0.25, 0.3) is 0 Å². The number of carbonyl (C=O) groups is 3. The predicted octanol–water partition coefficient (Wildman–Crippen LogP) is 1.85. The number of aliphatic carboxylic acids is 1. The smallest absolute Gasteiger partial charge is 0.337 e. The first kappa shape index (κ1) is 16.5. The normalized spacial score (nSPS) is 9.76. The van der Waals surface area contributed by atoms with E-state index in [1.165, 1.54) is 13.2 Å². The molecule has 1 rings (SSSR count). The summed E-state index contributed by atoms with van der Waals surface area (Å²) in [7, 11) is 1.28. The summed E-state index contributed by atoms with van der Waals surface area (Å²) < 4.78 is 4.59. The molecule has 0 radical (unpaired) electrons. The van der Waals surface area contributed by atoms with E-state index in [-0.39, 0.29) is 6.42 Å². The lowest BCUT2D eigenvalue weighted by atomic mass is 10.2. The number of amides is 2. The van der Waals surface area contributed by atoms with E-state index in [2.05, 4.69) is 15.4 Å². The van der Waals surface area contributed by atoms with Crippen LogP contribution in [0.4, 0.5) is 10.5 Å². The predicted molar refractivity (Wildman–Crippen MR) is 76.3 cm³/mol. The van der Waals surface area contributed by atoms with Gasteiger partial charge in [-0.3, -0.25) is 4.79 Å². The number of hydrogen-bond acceptors (Lipinski definition) is 4. The van der Waals surface area contributed by atoms with E-state index >= 15 is 0 Å². The van der Waals surface area contributed by atoms with Crippen molar-refractivity contribution in [3.8, 4) is 0 Å². The van der Waals surface area contributed by atoms with Crippen molar-refractivity contribution in [1.29, 1.82) is 0 Å². The van der Waals surface area contributed by atoms with E-state index in [0.29, 0.717) is 30.6 Å². The Hall–Kier alpha value is -2.57. The van der Waals surface area contributed by atoms with Gasteiger partial charge in [0, 0.05) is 18.7 Å². The molecule has 0 spiro atoms. The molecule has 7 nitrogen and oxygen atoms in total. The number of nitrogens with one attached hydrogen (secondary N) is 2. The fourth-order valence-corrected chi connectivity index (χ4v) is 1.62. The summed E-state index contributed by atoms with van der Waals surface area (Å²) in [4.78, 5) is 33.3. The summed E-state index contributed by atoms with van der Waals surface area (Å²) in [5, 5.41) is 13.7. The highest BCUT2D eigenvalue weighted by Gasteiger charge is 2.07. The number of carboxylic acids is 1. The van der Waals surface area contributed by atoms with Gasteiger partial charge in [0.15, 0.2) is 0 Å². The average molecular weight is 294 g/mol. The molecule has 1 aromatic carbocycles. The minimum atomic E-state index is -0.848. The first-order valence-electron chi connectivity index (χ1n) is 6.48. The zero-order valence-corrected chi connectivity index (χ0v) is 11.7. The van der Waals surface area contributed by atoms with Gasteiger partial charge in [0.25, 0.3) is 0 Å². The number of esters is 1. The monoisotopic (exact) mass is 294 g/mol. The van der Waals surface area contributed by atoms with Crippen LogP contribution in [0, 0.1) is 0 Å². The SMILES string of the molecule is COC(=O)c1cccc(NC(=O)NCCCCC(=O)O)c1. The van der Waals surface area contributed by atoms with E-state index < -0.39 is 18.0 Å². The van der Waals surface area contributed by atoms with Crippen molar-refractivity contribution in [1.82, 2.24) is 5.32 Å². The number of ether oxygens (including phenoxy) is 1. The number of carboxylic acid groups (broad SMARTS) is 1. The molecule has 0 aromatic heterocycles. The Morgan fingerprint density at radius 3 is 2.67 bits per heavy atom. The van der Waals surface area contributed by atoms with E-state index in [1.54, 1.807) is 18.2 Å². The van der Waals surface area contributed by atoms with Gasteiger partial charge in [0.05, 0.1) is 12.7 Å². The first-order valence-corrected chi connectivity index (χ1v) is 6.48. The maximum atomic E-state index is 11.6. The lowest BCUT2D eigenvalue weighted by Crippen LogP contribution is -2.29. The molecule has 0 saturated heterocycles. The molecule has 0 aliphatic rings. The van der Waals surface area contributed by atoms with Gasteiger partial charge in [-0.2, -0.15) is 0 Å². The number of unbranched alkanes of at least 4 members (excludes halogenated alkanes) is 1. The van der Waals surface area contributed by atoms with Crippen LogP contribution in [0.1, 0.15) is 29.6 Å². The summed E-state index contributed by atoms with van der Waals surface area (Å²) >= 11 is 0. The zero-order chi connectivity index (χ0) is 15.7. The van der Waals surface area contributed by atoms with Crippen molar-refractivity contribution >= 4 is 23.7 Å². The number of benzene rings is 1. The summed E-state index contributed by atoms with van der Waals surface area (Å²) in [6.45, 7) is 0.385. The molecule has 2 amide bonds. The molecular weight excluding hydrogens is 276 g/mol. The topological polar surface area (TPSA) is 105 Å². The third kappa shape index (κ3) is 6.42. The molecule has 21 heavy (non-hydrogen) atoms. The van der Waals surface area contributed by atoms with Crippen LogP contribution in [0.5, 0.6) is 0 Å². The van der Waals surface area contributed by atoms with E-state index in [4.69, 9.17) is 5.11 Å². The lowest BCUT2D eigenvalue weighted by Gasteiger charge is -2.08. The highest BCUT2D eigenvalue weighted by Crippen LogP contribution is 2.11. The number of carbonyl (C=O) groups excluding carboxylic acids is 2. The molecule has 0 atom stereocenters. The van der Waals surface area contributed by atoms with Crippen LogP contribution in [0.2, 0.25) is 0 Å². The lowest BCUT2D eigenvalue weighted by molar-refractivity contribution is -0.137. The van der Waals surface area contributed by atoms with Gasteiger partial charge in [0.2, 0.25) is 0 Å². The third-order valence-electron chi connectivity index (χ3n) is 2.64. The van der Waals surface area contributed by atoms with Crippen molar-refractivity contribution in [3.63, 3.8) is 0 Å². The molecule has 0 bridgehead atoms. The molecule has 0 aliphatic heterocycles. The van der Waals surface area contributed by atoms with Crippen LogP contribution in [-0.4, -0.2) is 36.7 Å². The van der Waals surface area contributed by atoms with Crippen LogP contribution in [0.3, 0.4) is 0 Å². The van der Waals surface area contributed by atoms with Crippen LogP contribution < -0.4 is 10.6 Å². The van der Waals surface area contributed by atoms with Crippen molar-refractivity contribution in [3.05, 3.63) is 29.8 Å². The number of urea groups is 1. The van der Waals surface area contributed by atoms with Gasteiger partial charge in [-0.25, -0.2) is 9.59 Å². The first-order chi connectivity index (χ1) is 10.0. The largest absolute Gasteiger partial charge is 0.481 e. The standard InChI is InChI=1S/C14H18N2O5/c1-21-13(19)10-5-4-6-11(9-10)16-14(20)15-8-3-2-7-12(17)18/h4-6,9H,2-3,7-8H2,1H3,(H,17,18)(H2,15,16,20). The summed E-state index contributed by atoms with van der Waals surface area (Å²) in [6, 6.07) is 5.97. The Kier molecular flexibility index (Phi) is 6.73. The van der Waals surface area contributed by atoms with E-state index in [1.807, 2.05) is 0 Å². The molecule has 114 valence electrons. The second-order valence-corrected chi connectivity index (χ2v) is 4.30. The summed E-state index contributed by atoms with van der Waals surface area (Å²) in [5.41, 5.74) is 0.817. The molecule has 0 aliphatic carbocycles. The Morgan fingerprint density at radius 2 is 2.00 bits per heavy atom. The minimum absolute atomic E-state index is 0.0878. The molecule has 7 heteroatoms. The highest BCUT2D eigenvalue weighted by molar-refractivity contribution is 5.93. The Morgan fingerprint density at radius 1 is 1.24 bits per heavy atom. The second-order valence-electron chi connectivity index (χ2n) is 4.30. The molecule has 0 saturated carbocycles. The van der Waals surface area contributed by atoms with Crippen molar-refractivity contribution in [2.75, 3.05) is 19.0 Å². The van der Waals surface area contributed by atoms with Gasteiger partial charge >= 0.3 is 18.0 Å². The maximum absolute atomic E-state index is 11.6. The van der Waals surface area contributed by atoms with Crippen molar-refractivity contribution in [2.45, 2.75) is 19.3 Å². The Labute approximate surface area is 122 Å². The van der Waals surface area contributed by atoms with Crippen molar-refractivity contribution in [2.24, 2.45) is 0 Å². The molecule has 0 heterocycles. The van der Waals surface area contributed by atoms with Crippen LogP contribution in [-0.2, 0) is 9.53 Å². The summed E-state index contributed by atoms with van der Waals surface area (Å²) in [5.74, 6) is -1.33. The second kappa shape index (κ2) is 8.57. The molecule has 1 aromatic rings. The zero-order valence-electron chi connectivity index (χ0n) is 11.7. The fraction of sp³-hybridized carbons (Fsp3) is 0.357. The van der Waals surface area contributed by atoms with Gasteiger partial charge in [-0.1, -0.05) is 6.07 Å². The number of methoxy groups -OCH3 is 1. The Bertz CT molecular complexity index is 516. The molecule has 0 fully saturated rings. The van der Waals surface area contributed by atoms with Gasteiger partial charge in [0.1, 0.15) is 0 Å². The van der Waals surface area contributed by atoms with Crippen LogP contribution >= 0.6 is 0 Å². The number of anilines is 1.